The van der Waals surface area contributed by atoms with Crippen LogP contribution in [0, 0.1) is 0 Å². The summed E-state index contributed by atoms with van der Waals surface area (Å²) in [7, 11) is -16.2. The molecular formula is C8H19O16P3. The highest BCUT2D eigenvalue weighted by Gasteiger charge is 2.57. The number of aliphatic hydroxyl groups is 3. The van der Waals surface area contributed by atoms with Gasteiger partial charge in [0.05, 0.1) is 13.2 Å². The largest absolute Gasteiger partial charge is 0.470 e. The van der Waals surface area contributed by atoms with Crippen LogP contribution in [-0.2, 0) is 32.0 Å². The Morgan fingerprint density at radius 2 is 0.926 bits per heavy atom. The van der Waals surface area contributed by atoms with Gasteiger partial charge in [-0.1, -0.05) is 0 Å². The average Bonchev–Trinajstić information content (AvgIpc) is 2.44. The fourth-order valence-electron chi connectivity index (χ4n) is 2.38. The van der Waals surface area contributed by atoms with Gasteiger partial charge in [0, 0.05) is 0 Å². The number of rotatable bonds is 9. The van der Waals surface area contributed by atoms with E-state index in [9.17, 15) is 23.9 Å². The first-order valence-electron chi connectivity index (χ1n) is 6.86. The van der Waals surface area contributed by atoms with E-state index in [1.54, 1.807) is 0 Å². The molecule has 0 amide bonds. The van der Waals surface area contributed by atoms with Crippen LogP contribution in [0.1, 0.15) is 0 Å². The molecular weight excluding hydrogens is 445 g/mol. The van der Waals surface area contributed by atoms with Crippen molar-refractivity contribution in [2.45, 2.75) is 36.6 Å². The fraction of sp³-hybridized carbons (Fsp3) is 1.00. The van der Waals surface area contributed by atoms with Crippen LogP contribution in [0.2, 0.25) is 0 Å². The Hall–Kier alpha value is 0.170. The lowest BCUT2D eigenvalue weighted by molar-refractivity contribution is -0.226. The van der Waals surface area contributed by atoms with Crippen molar-refractivity contribution in [3.63, 3.8) is 0 Å². The molecule has 1 aliphatic rings. The maximum atomic E-state index is 11.1. The first kappa shape index (κ1) is 25.2. The number of phosphoric ester groups is 3. The van der Waals surface area contributed by atoms with Crippen molar-refractivity contribution in [2.24, 2.45) is 0 Å². The molecule has 0 saturated heterocycles. The van der Waals surface area contributed by atoms with Crippen molar-refractivity contribution >= 4 is 23.5 Å². The number of aliphatic hydroxyl groups excluding tert-OH is 3. The normalized spacial score (nSPS) is 33.2. The molecule has 19 heteroatoms. The molecule has 1 saturated carbocycles. The summed E-state index contributed by atoms with van der Waals surface area (Å²) in [6, 6.07) is 0. The summed E-state index contributed by atoms with van der Waals surface area (Å²) < 4.78 is 50.8. The maximum absolute atomic E-state index is 11.1. The van der Waals surface area contributed by atoms with Gasteiger partial charge in [0.2, 0.25) is 0 Å². The highest BCUT2D eigenvalue weighted by molar-refractivity contribution is 7.46. The quantitative estimate of drug-likeness (QED) is 0.150. The van der Waals surface area contributed by atoms with Crippen molar-refractivity contribution < 1.29 is 76.7 Å². The summed E-state index contributed by atoms with van der Waals surface area (Å²) >= 11 is 0. The molecule has 6 atom stereocenters. The van der Waals surface area contributed by atoms with Crippen LogP contribution in [-0.4, -0.2) is 94.5 Å². The Morgan fingerprint density at radius 3 is 1.22 bits per heavy atom. The van der Waals surface area contributed by atoms with E-state index < -0.39 is 73.3 Å². The zero-order valence-electron chi connectivity index (χ0n) is 13.1. The lowest BCUT2D eigenvalue weighted by atomic mass is 9.85. The molecule has 162 valence electrons. The van der Waals surface area contributed by atoms with Crippen molar-refractivity contribution in [1.82, 2.24) is 0 Å². The van der Waals surface area contributed by atoms with Gasteiger partial charge in [0.1, 0.15) is 36.6 Å². The van der Waals surface area contributed by atoms with Gasteiger partial charge in [-0.2, -0.15) is 0 Å². The minimum atomic E-state index is -5.45. The molecule has 0 unspecified atom stereocenters. The zero-order chi connectivity index (χ0) is 21.2. The fourth-order valence-corrected chi connectivity index (χ4v) is 4.06. The Labute approximate surface area is 151 Å². The van der Waals surface area contributed by atoms with Gasteiger partial charge in [-0.25, -0.2) is 13.7 Å². The van der Waals surface area contributed by atoms with Crippen LogP contribution in [0.3, 0.4) is 0 Å². The summed E-state index contributed by atoms with van der Waals surface area (Å²) in [5.41, 5.74) is 0. The molecule has 0 bridgehead atoms. The molecule has 1 rings (SSSR count). The van der Waals surface area contributed by atoms with Gasteiger partial charge in [-0.15, -0.1) is 0 Å². The highest BCUT2D eigenvalue weighted by atomic mass is 31.2. The first-order valence-corrected chi connectivity index (χ1v) is 11.5. The van der Waals surface area contributed by atoms with Crippen LogP contribution in [0.25, 0.3) is 0 Å². The Kier molecular flexibility index (Phi) is 8.70. The molecule has 1 aliphatic carbocycles. The minimum absolute atomic E-state index is 0.581. The van der Waals surface area contributed by atoms with Gasteiger partial charge in [-0.05, 0) is 0 Å². The summed E-state index contributed by atoms with van der Waals surface area (Å²) in [5, 5.41) is 29.2. The standard InChI is InChI=1S/C8H19O16P3/c9-1-2-21-5-3(10)7(23-26(15,16)17)8(24-27(18,19)20)4(11)6(5)22-25(12,13)14/h3-11H,1-2H2,(H2,12,13,14)(H2,15,16,17)(H2,18,19,20)/t3-,4+,5+,6+,7-,8-/m1/s1. The second-order valence-corrected chi connectivity index (χ2v) is 8.80. The molecule has 0 spiro atoms. The van der Waals surface area contributed by atoms with Crippen molar-refractivity contribution in [3.8, 4) is 0 Å². The van der Waals surface area contributed by atoms with E-state index in [4.69, 9.17) is 39.2 Å². The number of phosphoric acid groups is 3. The van der Waals surface area contributed by atoms with E-state index in [1.165, 1.54) is 0 Å². The molecule has 0 radical (unpaired) electrons. The molecule has 0 heterocycles. The minimum Gasteiger partial charge on any atom is -0.394 e. The van der Waals surface area contributed by atoms with Crippen molar-refractivity contribution in [2.75, 3.05) is 13.2 Å². The number of ether oxygens (including phenoxy) is 1. The predicted molar refractivity (Wildman–Crippen MR) is 79.6 cm³/mol. The van der Waals surface area contributed by atoms with Crippen LogP contribution in [0.5, 0.6) is 0 Å². The van der Waals surface area contributed by atoms with Crippen LogP contribution in [0.15, 0.2) is 0 Å². The summed E-state index contributed by atoms with van der Waals surface area (Å²) in [6.07, 6.45) is -13.6. The van der Waals surface area contributed by atoms with E-state index in [0.29, 0.717) is 0 Å². The van der Waals surface area contributed by atoms with Crippen molar-refractivity contribution in [1.29, 1.82) is 0 Å². The average molecular weight is 464 g/mol. The third-order valence-electron chi connectivity index (χ3n) is 3.17. The second-order valence-electron chi connectivity index (χ2n) is 5.22. The molecule has 27 heavy (non-hydrogen) atoms. The summed E-state index contributed by atoms with van der Waals surface area (Å²) in [4.78, 5) is 53.5. The molecule has 0 aromatic rings. The molecule has 9 N–H and O–H groups in total. The molecule has 0 aliphatic heterocycles. The lowest BCUT2D eigenvalue weighted by Gasteiger charge is -2.45. The number of hydrogen-bond donors (Lipinski definition) is 9. The zero-order valence-corrected chi connectivity index (χ0v) is 15.8. The second kappa shape index (κ2) is 9.32. The molecule has 0 aromatic carbocycles. The Bertz CT molecular complexity index is 621. The molecule has 1 fully saturated rings. The van der Waals surface area contributed by atoms with Gasteiger partial charge in [0.25, 0.3) is 0 Å². The third kappa shape index (κ3) is 8.20. The Morgan fingerprint density at radius 1 is 0.630 bits per heavy atom. The van der Waals surface area contributed by atoms with Crippen LogP contribution < -0.4 is 0 Å². The number of hydrogen-bond acceptors (Lipinski definition) is 10. The van der Waals surface area contributed by atoms with Crippen molar-refractivity contribution in [3.05, 3.63) is 0 Å². The van der Waals surface area contributed by atoms with E-state index in [-0.39, 0.29) is 0 Å². The predicted octanol–water partition coefficient (Wildman–Crippen LogP) is -3.47. The van der Waals surface area contributed by atoms with E-state index in [2.05, 4.69) is 13.6 Å². The van der Waals surface area contributed by atoms with Gasteiger partial charge in [-0.3, -0.25) is 13.6 Å². The summed E-state index contributed by atoms with van der Waals surface area (Å²) in [5.74, 6) is 0. The van der Waals surface area contributed by atoms with E-state index in [0.717, 1.165) is 0 Å². The first-order chi connectivity index (χ1) is 12.1. The highest BCUT2D eigenvalue weighted by Crippen LogP contribution is 2.49. The van der Waals surface area contributed by atoms with Crippen LogP contribution in [0.4, 0.5) is 0 Å². The Balaban J connectivity index is 3.34. The van der Waals surface area contributed by atoms with Gasteiger partial charge >= 0.3 is 23.5 Å². The summed E-state index contributed by atoms with van der Waals surface area (Å²) in [6.45, 7) is -1.25. The van der Waals surface area contributed by atoms with Gasteiger partial charge < -0.3 is 49.4 Å². The van der Waals surface area contributed by atoms with E-state index >= 15 is 0 Å². The maximum Gasteiger partial charge on any atom is 0.470 e. The third-order valence-corrected chi connectivity index (χ3v) is 4.73. The smallest absolute Gasteiger partial charge is 0.394 e. The molecule has 16 nitrogen and oxygen atoms in total. The molecule has 0 aromatic heterocycles. The SMILES string of the molecule is O=P(O)(O)O[C@@H]1[C@@H](O)[C@H](OP(=O)(O)O)[C@@H](OCCO)[C@@H](O)[C@H]1OP(=O)(O)O. The topological polar surface area (TPSA) is 270 Å². The van der Waals surface area contributed by atoms with Gasteiger partial charge in [0.15, 0.2) is 0 Å². The van der Waals surface area contributed by atoms with Crippen LogP contribution >= 0.6 is 23.5 Å². The van der Waals surface area contributed by atoms with E-state index in [1.807, 2.05) is 0 Å². The monoisotopic (exact) mass is 464 g/mol. The lowest BCUT2D eigenvalue weighted by Crippen LogP contribution is -2.65.